The Bertz CT molecular complexity index is 474. The van der Waals surface area contributed by atoms with Crippen LogP contribution in [0.1, 0.15) is 39.0 Å². The van der Waals surface area contributed by atoms with E-state index in [9.17, 15) is 15.0 Å². The molecule has 1 heterocycles. The molecule has 24 heavy (non-hydrogen) atoms. The first-order valence-electron chi connectivity index (χ1n) is 8.44. The van der Waals surface area contributed by atoms with Crippen molar-refractivity contribution in [1.29, 1.82) is 0 Å². The van der Waals surface area contributed by atoms with Crippen LogP contribution in [0.5, 0.6) is 0 Å². The lowest BCUT2D eigenvalue weighted by Gasteiger charge is -2.34. The van der Waals surface area contributed by atoms with Gasteiger partial charge in [-0.25, -0.2) is 0 Å². The van der Waals surface area contributed by atoms with Gasteiger partial charge < -0.3 is 24.6 Å². The van der Waals surface area contributed by atoms with Gasteiger partial charge in [0.05, 0.1) is 0 Å². The van der Waals surface area contributed by atoms with Crippen molar-refractivity contribution in [3.63, 3.8) is 0 Å². The van der Waals surface area contributed by atoms with Crippen LogP contribution < -0.4 is 0 Å². The topological polar surface area (TPSA) is 79.2 Å². The molecule has 1 atom stereocenters. The number of hydrogen-bond acceptors (Lipinski definition) is 5. The van der Waals surface area contributed by atoms with E-state index in [2.05, 4.69) is 20.1 Å². The number of aliphatic hydroxyl groups excluding tert-OH is 1. The molecule has 0 aromatic carbocycles. The molecule has 2 N–H and O–H groups in total. The van der Waals surface area contributed by atoms with Gasteiger partial charge in [0.25, 0.3) is 5.91 Å². The van der Waals surface area contributed by atoms with Gasteiger partial charge in [-0.1, -0.05) is 51.5 Å². The molecule has 0 saturated carbocycles. The predicted molar refractivity (Wildman–Crippen MR) is 91.8 cm³/mol. The third-order valence-electron chi connectivity index (χ3n) is 3.84. The number of carbonyl (C=O) groups excluding carboxylic acids is 1. The van der Waals surface area contributed by atoms with Crippen LogP contribution in [0.3, 0.4) is 0 Å². The molecule has 0 saturated heterocycles. The molecule has 0 radical (unpaired) electrons. The average Bonchev–Trinajstić information content (AvgIpc) is 2.75. The lowest BCUT2D eigenvalue weighted by atomic mass is 10.1. The molecule has 0 aromatic heterocycles. The third-order valence-corrected chi connectivity index (χ3v) is 3.84. The summed E-state index contributed by atoms with van der Waals surface area (Å²) in [7, 11) is 0. The number of aliphatic hydroxyl groups is 2. The Balaban J connectivity index is 3.06. The zero-order valence-corrected chi connectivity index (χ0v) is 14.5. The lowest BCUT2D eigenvalue weighted by molar-refractivity contribution is -0.151. The van der Waals surface area contributed by atoms with Gasteiger partial charge in [-0.2, -0.15) is 0 Å². The van der Waals surface area contributed by atoms with Crippen LogP contribution in [-0.4, -0.2) is 53.1 Å². The predicted octanol–water partition coefficient (Wildman–Crippen LogP) is 2.10. The number of carbonyl (C=O) groups is 1. The van der Waals surface area contributed by atoms with E-state index in [1.165, 1.54) is 17.1 Å². The van der Waals surface area contributed by atoms with Crippen LogP contribution in [0.2, 0.25) is 0 Å². The normalized spacial score (nSPS) is 20.5. The number of rotatable bonds is 13. The smallest absolute Gasteiger partial charge is 0.295 e. The Hall–Kier alpha value is -1.79. The monoisotopic (exact) mass is 339 g/mol. The Labute approximate surface area is 144 Å². The maximum atomic E-state index is 12.7. The van der Waals surface area contributed by atoms with Crippen molar-refractivity contribution in [3.8, 4) is 0 Å². The summed E-state index contributed by atoms with van der Waals surface area (Å²) in [6, 6.07) is 0. The van der Waals surface area contributed by atoms with E-state index in [0.29, 0.717) is 6.54 Å². The molecule has 0 bridgehead atoms. The van der Waals surface area contributed by atoms with E-state index >= 15 is 0 Å². The summed E-state index contributed by atoms with van der Waals surface area (Å²) in [6.45, 7) is 9.58. The fourth-order valence-corrected chi connectivity index (χ4v) is 2.67. The highest BCUT2D eigenvalue weighted by Crippen LogP contribution is 2.38. The quantitative estimate of drug-likeness (QED) is 0.397. The van der Waals surface area contributed by atoms with E-state index in [1.54, 1.807) is 0 Å². The van der Waals surface area contributed by atoms with Crippen LogP contribution in [0.4, 0.5) is 0 Å². The highest BCUT2D eigenvalue weighted by atomic mass is 16.5. The fourth-order valence-electron chi connectivity index (χ4n) is 2.67. The number of ether oxygens (including phenoxy) is 2. The largest absolute Gasteiger partial charge is 0.485 e. The van der Waals surface area contributed by atoms with Crippen molar-refractivity contribution < 1.29 is 24.5 Å². The lowest BCUT2D eigenvalue weighted by Crippen LogP contribution is -2.50. The van der Waals surface area contributed by atoms with Gasteiger partial charge in [-0.05, 0) is 6.42 Å². The molecule has 6 heteroatoms. The summed E-state index contributed by atoms with van der Waals surface area (Å²) >= 11 is 0. The van der Waals surface area contributed by atoms with E-state index in [1.807, 2.05) is 0 Å². The summed E-state index contributed by atoms with van der Waals surface area (Å²) < 4.78 is 11.0. The Kier molecular flexibility index (Phi) is 8.57. The molecule has 0 fully saturated rings. The summed E-state index contributed by atoms with van der Waals surface area (Å²) in [5.74, 6) is -0.412. The van der Waals surface area contributed by atoms with E-state index < -0.39 is 11.6 Å². The van der Waals surface area contributed by atoms with Gasteiger partial charge in [-0.15, -0.1) is 0 Å². The molecule has 1 aliphatic heterocycles. The van der Waals surface area contributed by atoms with Gasteiger partial charge in [0.15, 0.2) is 5.76 Å². The molecule has 0 aromatic rings. The minimum absolute atomic E-state index is 0.0248. The van der Waals surface area contributed by atoms with Crippen molar-refractivity contribution in [1.82, 2.24) is 4.90 Å². The maximum absolute atomic E-state index is 12.7. The van der Waals surface area contributed by atoms with Crippen molar-refractivity contribution in [2.75, 3.05) is 26.4 Å². The molecule has 1 rings (SSSR count). The zero-order chi connectivity index (χ0) is 18.0. The first kappa shape index (κ1) is 20.3. The van der Waals surface area contributed by atoms with Crippen LogP contribution in [0.25, 0.3) is 0 Å². The molecule has 1 unspecified atom stereocenters. The molecular formula is C18H29NO5. The minimum atomic E-state index is -1.70. The number of amides is 1. The second kappa shape index (κ2) is 10.2. The highest BCUT2D eigenvalue weighted by molar-refractivity contribution is 5.96. The van der Waals surface area contributed by atoms with Crippen molar-refractivity contribution >= 4 is 5.91 Å². The molecule has 0 aliphatic carbocycles. The van der Waals surface area contributed by atoms with E-state index in [-0.39, 0.29) is 37.8 Å². The molecule has 1 amide bonds. The number of nitrogens with zero attached hydrogens (tertiary/aromatic N) is 1. The Morgan fingerprint density at radius 2 is 1.83 bits per heavy atom. The summed E-state index contributed by atoms with van der Waals surface area (Å²) in [5.41, 5.74) is -1.70. The second-order valence-electron chi connectivity index (χ2n) is 5.67. The van der Waals surface area contributed by atoms with Crippen LogP contribution >= 0.6 is 0 Å². The number of unbranched alkanes of at least 4 members (excludes halogenated alkanes) is 3. The third kappa shape index (κ3) is 4.61. The second-order valence-corrected chi connectivity index (χ2v) is 5.67. The highest BCUT2D eigenvalue weighted by Gasteiger charge is 2.53. The minimum Gasteiger partial charge on any atom is -0.485 e. The van der Waals surface area contributed by atoms with Crippen LogP contribution in [0, 0.1) is 0 Å². The van der Waals surface area contributed by atoms with Gasteiger partial charge in [0.2, 0.25) is 11.5 Å². The summed E-state index contributed by atoms with van der Waals surface area (Å²) in [5, 5.41) is 20.4. The van der Waals surface area contributed by atoms with Gasteiger partial charge in [-0.3, -0.25) is 4.79 Å². The Morgan fingerprint density at radius 3 is 2.42 bits per heavy atom. The molecule has 6 nitrogen and oxygen atoms in total. The van der Waals surface area contributed by atoms with E-state index in [0.717, 1.165) is 25.7 Å². The molecule has 0 spiro atoms. The van der Waals surface area contributed by atoms with Gasteiger partial charge in [0, 0.05) is 19.6 Å². The van der Waals surface area contributed by atoms with Crippen LogP contribution in [0.15, 0.2) is 36.8 Å². The molecule has 1 aliphatic rings. The van der Waals surface area contributed by atoms with Crippen molar-refractivity contribution in [2.24, 2.45) is 0 Å². The molecule has 136 valence electrons. The van der Waals surface area contributed by atoms with Crippen LogP contribution in [-0.2, 0) is 14.3 Å². The summed E-state index contributed by atoms with van der Waals surface area (Å²) in [4.78, 5) is 14.0. The van der Waals surface area contributed by atoms with E-state index in [4.69, 9.17) is 9.47 Å². The average molecular weight is 339 g/mol. The standard InChI is InChI=1S/C18H29NO5/c1-4-7-8-9-11-19-17(21)15(23-13-5-2)16(24-14-6-3)18(19,22)10-12-20/h5-6,20,22H,2-4,7-14H2,1H3. The fraction of sp³-hybridized carbons (Fsp3) is 0.611. The first-order valence-corrected chi connectivity index (χ1v) is 8.44. The molecular weight excluding hydrogens is 310 g/mol. The first-order chi connectivity index (χ1) is 11.6. The van der Waals surface area contributed by atoms with Gasteiger partial charge >= 0.3 is 0 Å². The van der Waals surface area contributed by atoms with Crippen molar-refractivity contribution in [3.05, 3.63) is 36.8 Å². The SMILES string of the molecule is C=CCOC1=C(OCC=C)C(O)(CCO)N(CCCCCC)C1=O. The maximum Gasteiger partial charge on any atom is 0.295 e. The van der Waals surface area contributed by atoms with Gasteiger partial charge in [0.1, 0.15) is 13.2 Å². The zero-order valence-electron chi connectivity index (χ0n) is 14.5. The Morgan fingerprint density at radius 1 is 1.17 bits per heavy atom. The van der Waals surface area contributed by atoms with Crippen molar-refractivity contribution in [2.45, 2.75) is 44.8 Å². The summed E-state index contributed by atoms with van der Waals surface area (Å²) in [6.07, 6.45) is 6.85. The number of hydrogen-bond donors (Lipinski definition) is 2.